The van der Waals surface area contributed by atoms with Crippen molar-refractivity contribution < 1.29 is 4.74 Å². The Balaban J connectivity index is 1.26. The average Bonchev–Trinajstić information content (AvgIpc) is 3.43. The number of nitrogens with zero attached hydrogens (tertiary/aromatic N) is 3. The van der Waals surface area contributed by atoms with Crippen LogP contribution >= 0.6 is 0 Å². The van der Waals surface area contributed by atoms with Gasteiger partial charge in [0, 0.05) is 62.9 Å². The molecule has 4 aliphatic heterocycles. The number of rotatable bonds is 3. The summed E-state index contributed by atoms with van der Waals surface area (Å²) in [6, 6.07) is 8.76. The fourth-order valence-electron chi connectivity index (χ4n) is 6.29. The van der Waals surface area contributed by atoms with Gasteiger partial charge in [0.05, 0.1) is 0 Å². The molecule has 4 heterocycles. The molecule has 5 rings (SSSR count). The molecule has 2 atom stereocenters. The molecule has 0 aromatic heterocycles. The molecule has 4 fully saturated rings. The fraction of sp³-hybridized carbons (Fsp3) is 0.750. The van der Waals surface area contributed by atoms with Gasteiger partial charge in [0.25, 0.3) is 0 Å². The predicted molar refractivity (Wildman–Crippen MR) is 117 cm³/mol. The third kappa shape index (κ3) is 3.43. The molecular formula is C24H37N3O. The smallest absolute Gasteiger partial charge is 0.0472 e. The predicted octanol–water partition coefficient (Wildman–Crippen LogP) is 4.06. The Bertz CT molecular complexity index is 699. The van der Waals surface area contributed by atoms with Gasteiger partial charge in [-0.3, -0.25) is 4.90 Å². The van der Waals surface area contributed by atoms with E-state index in [1.165, 1.54) is 88.2 Å². The van der Waals surface area contributed by atoms with Crippen molar-refractivity contribution in [1.82, 2.24) is 4.90 Å². The van der Waals surface area contributed by atoms with E-state index in [-0.39, 0.29) is 0 Å². The van der Waals surface area contributed by atoms with Crippen LogP contribution in [0.15, 0.2) is 18.2 Å². The first-order valence-electron chi connectivity index (χ1n) is 11.6. The zero-order valence-electron chi connectivity index (χ0n) is 17.8. The quantitative estimate of drug-likeness (QED) is 0.783. The van der Waals surface area contributed by atoms with Gasteiger partial charge in [-0.25, -0.2) is 0 Å². The lowest BCUT2D eigenvalue weighted by Crippen LogP contribution is -2.39. The van der Waals surface area contributed by atoms with Crippen LogP contribution in [0, 0.1) is 12.3 Å². The molecule has 0 saturated carbocycles. The highest BCUT2D eigenvalue weighted by Gasteiger charge is 2.40. The number of ether oxygens (including phenoxy) is 1. The first-order chi connectivity index (χ1) is 13.6. The van der Waals surface area contributed by atoms with Gasteiger partial charge >= 0.3 is 0 Å². The van der Waals surface area contributed by atoms with Crippen molar-refractivity contribution in [3.05, 3.63) is 23.8 Å². The highest BCUT2D eigenvalue weighted by atomic mass is 16.5. The summed E-state index contributed by atoms with van der Waals surface area (Å²) in [5, 5.41) is 0. The van der Waals surface area contributed by atoms with Crippen molar-refractivity contribution in [3.63, 3.8) is 0 Å². The highest BCUT2D eigenvalue weighted by molar-refractivity contribution is 5.62. The molecule has 1 aromatic carbocycles. The van der Waals surface area contributed by atoms with Crippen molar-refractivity contribution >= 4 is 11.4 Å². The summed E-state index contributed by atoms with van der Waals surface area (Å²) in [4.78, 5) is 8.03. The molecule has 0 radical (unpaired) electrons. The Morgan fingerprint density at radius 3 is 2.61 bits per heavy atom. The van der Waals surface area contributed by atoms with Gasteiger partial charge < -0.3 is 14.5 Å². The first kappa shape index (κ1) is 18.7. The second-order valence-corrected chi connectivity index (χ2v) is 9.87. The van der Waals surface area contributed by atoms with E-state index < -0.39 is 0 Å². The maximum absolute atomic E-state index is 5.62. The van der Waals surface area contributed by atoms with E-state index in [9.17, 15) is 0 Å². The zero-order valence-corrected chi connectivity index (χ0v) is 17.8. The normalized spacial score (nSPS) is 30.6. The van der Waals surface area contributed by atoms with Crippen LogP contribution in [0.1, 0.15) is 51.0 Å². The third-order valence-electron chi connectivity index (χ3n) is 8.11. The Morgan fingerprint density at radius 2 is 1.86 bits per heavy atom. The molecule has 28 heavy (non-hydrogen) atoms. The van der Waals surface area contributed by atoms with E-state index in [1.54, 1.807) is 0 Å². The topological polar surface area (TPSA) is 19.0 Å². The van der Waals surface area contributed by atoms with Gasteiger partial charge in [-0.15, -0.1) is 0 Å². The Hall–Kier alpha value is -1.26. The molecule has 0 N–H and O–H groups in total. The second-order valence-electron chi connectivity index (χ2n) is 9.87. The minimum atomic E-state index is 0.512. The SMILES string of the molecule is Cc1cc(N2CCC(N3CCCC3C)C2)ccc1N1CCC2(CCOCC2)C1. The van der Waals surface area contributed by atoms with Crippen LogP contribution in [0.5, 0.6) is 0 Å². The van der Waals surface area contributed by atoms with Gasteiger partial charge in [0.2, 0.25) is 0 Å². The molecule has 0 aliphatic carbocycles. The largest absolute Gasteiger partial charge is 0.381 e. The van der Waals surface area contributed by atoms with Crippen molar-refractivity contribution in [2.24, 2.45) is 5.41 Å². The lowest BCUT2D eigenvalue weighted by atomic mass is 9.80. The summed E-state index contributed by atoms with van der Waals surface area (Å²) < 4.78 is 5.62. The minimum absolute atomic E-state index is 0.512. The zero-order chi connectivity index (χ0) is 19.1. The van der Waals surface area contributed by atoms with Crippen LogP contribution in [0.25, 0.3) is 0 Å². The van der Waals surface area contributed by atoms with Crippen molar-refractivity contribution in [3.8, 4) is 0 Å². The van der Waals surface area contributed by atoms with Crippen LogP contribution in [0.4, 0.5) is 11.4 Å². The summed E-state index contributed by atoms with van der Waals surface area (Å²) >= 11 is 0. The van der Waals surface area contributed by atoms with Gasteiger partial charge in [0.15, 0.2) is 0 Å². The molecule has 4 heteroatoms. The number of hydrogen-bond acceptors (Lipinski definition) is 4. The maximum Gasteiger partial charge on any atom is 0.0472 e. The summed E-state index contributed by atoms with van der Waals surface area (Å²) in [5.74, 6) is 0. The Kier molecular flexibility index (Phi) is 5.04. The highest BCUT2D eigenvalue weighted by Crippen LogP contribution is 2.42. The summed E-state index contributed by atoms with van der Waals surface area (Å²) in [5.41, 5.74) is 4.84. The fourth-order valence-corrected chi connectivity index (χ4v) is 6.29. The minimum Gasteiger partial charge on any atom is -0.381 e. The van der Waals surface area contributed by atoms with Gasteiger partial charge in [-0.1, -0.05) is 0 Å². The molecule has 4 saturated heterocycles. The number of aryl methyl sites for hydroxylation is 1. The van der Waals surface area contributed by atoms with E-state index in [1.807, 2.05) is 0 Å². The van der Waals surface area contributed by atoms with Crippen molar-refractivity contribution in [1.29, 1.82) is 0 Å². The van der Waals surface area contributed by atoms with Crippen LogP contribution < -0.4 is 9.80 Å². The van der Waals surface area contributed by atoms with Crippen molar-refractivity contribution in [2.75, 3.05) is 55.7 Å². The first-order valence-corrected chi connectivity index (χ1v) is 11.6. The lowest BCUT2D eigenvalue weighted by Gasteiger charge is -2.34. The summed E-state index contributed by atoms with van der Waals surface area (Å²) in [6.45, 7) is 12.8. The van der Waals surface area contributed by atoms with Gasteiger partial charge in [0.1, 0.15) is 0 Å². The molecule has 0 bridgehead atoms. The van der Waals surface area contributed by atoms with E-state index in [4.69, 9.17) is 4.74 Å². The van der Waals surface area contributed by atoms with E-state index >= 15 is 0 Å². The van der Waals surface area contributed by atoms with E-state index in [0.29, 0.717) is 5.41 Å². The Morgan fingerprint density at radius 1 is 1.00 bits per heavy atom. The van der Waals surface area contributed by atoms with E-state index in [0.717, 1.165) is 25.3 Å². The third-order valence-corrected chi connectivity index (χ3v) is 8.11. The van der Waals surface area contributed by atoms with Crippen LogP contribution in [0.3, 0.4) is 0 Å². The van der Waals surface area contributed by atoms with Crippen molar-refractivity contribution in [2.45, 2.75) is 64.5 Å². The van der Waals surface area contributed by atoms with Gasteiger partial charge in [-0.05, 0) is 88.1 Å². The van der Waals surface area contributed by atoms with Gasteiger partial charge in [-0.2, -0.15) is 0 Å². The number of benzene rings is 1. The molecule has 4 aliphatic rings. The lowest BCUT2D eigenvalue weighted by molar-refractivity contribution is 0.0254. The number of anilines is 2. The molecule has 154 valence electrons. The Labute approximate surface area is 170 Å². The average molecular weight is 384 g/mol. The summed E-state index contributed by atoms with van der Waals surface area (Å²) in [7, 11) is 0. The molecular weight excluding hydrogens is 346 g/mol. The second kappa shape index (κ2) is 7.53. The molecule has 4 nitrogen and oxygen atoms in total. The molecule has 2 unspecified atom stereocenters. The van der Waals surface area contributed by atoms with Crippen LogP contribution in [0.2, 0.25) is 0 Å². The maximum atomic E-state index is 5.62. The molecule has 0 amide bonds. The summed E-state index contributed by atoms with van der Waals surface area (Å²) in [6.07, 6.45) is 7.90. The molecule has 1 aromatic rings. The molecule has 1 spiro atoms. The standard InChI is InChI=1S/C24H37N3O/c1-19-16-21(25-12-7-22(17-25)27-11-3-4-20(27)2)5-6-23(19)26-13-8-24(18-26)9-14-28-15-10-24/h5-6,16,20,22H,3-4,7-15,17-18H2,1-2H3. The number of hydrogen-bond donors (Lipinski definition) is 0. The monoisotopic (exact) mass is 383 g/mol. The number of likely N-dealkylation sites (tertiary alicyclic amines) is 1. The van der Waals surface area contributed by atoms with Crippen LogP contribution in [-0.4, -0.2) is 62.9 Å². The van der Waals surface area contributed by atoms with E-state index in [2.05, 4.69) is 46.7 Å². The van der Waals surface area contributed by atoms with Crippen LogP contribution in [-0.2, 0) is 4.74 Å².